The summed E-state index contributed by atoms with van der Waals surface area (Å²) in [6.45, 7) is 8.06. The third-order valence-electron chi connectivity index (χ3n) is 3.62. The van der Waals surface area contributed by atoms with Crippen LogP contribution in [0.3, 0.4) is 0 Å². The lowest BCUT2D eigenvalue weighted by Crippen LogP contribution is -2.69. The maximum absolute atomic E-state index is 12.2. The number of hydrogen-bond acceptors (Lipinski definition) is 2. The predicted molar refractivity (Wildman–Crippen MR) is 67.4 cm³/mol. The van der Waals surface area contributed by atoms with Gasteiger partial charge in [-0.25, -0.2) is 0 Å². The average Bonchev–Trinajstić information content (AvgIpc) is 2.32. The van der Waals surface area contributed by atoms with Crippen molar-refractivity contribution in [2.24, 2.45) is 0 Å². The van der Waals surface area contributed by atoms with E-state index in [1.54, 1.807) is 11.8 Å². The second-order valence-electron chi connectivity index (χ2n) is 4.45. The van der Waals surface area contributed by atoms with E-state index in [-0.39, 0.29) is 11.8 Å². The van der Waals surface area contributed by atoms with Crippen LogP contribution in [-0.2, 0) is 9.59 Å². The molecule has 0 radical (unpaired) electrons. The minimum absolute atomic E-state index is 0.00593. The molecule has 1 heterocycles. The summed E-state index contributed by atoms with van der Waals surface area (Å²) in [5, 5.41) is 2.77. The molecule has 0 saturated carbocycles. The zero-order chi connectivity index (χ0) is 13.1. The minimum atomic E-state index is -0.677. The Balaban J connectivity index is 3.11. The van der Waals surface area contributed by atoms with Crippen LogP contribution in [0.1, 0.15) is 40.5 Å². The summed E-state index contributed by atoms with van der Waals surface area (Å²) in [4.78, 5) is 26.1. The van der Waals surface area contributed by atoms with E-state index in [1.165, 1.54) is 0 Å². The molecule has 1 unspecified atom stereocenters. The number of allylic oxidation sites excluding steroid dienone is 1. The number of carbonyl (C=O) groups excluding carboxylic acids is 2. The Morgan fingerprint density at radius 1 is 1.35 bits per heavy atom. The lowest BCUT2D eigenvalue weighted by atomic mass is 9.86. The molecule has 1 saturated heterocycles. The molecule has 1 aliphatic heterocycles. The lowest BCUT2D eigenvalue weighted by molar-refractivity contribution is -0.156. The molecule has 1 atom stereocenters. The van der Waals surface area contributed by atoms with Crippen molar-refractivity contribution in [1.29, 1.82) is 0 Å². The number of carbonyl (C=O) groups is 2. The summed E-state index contributed by atoms with van der Waals surface area (Å²) in [7, 11) is 0. The van der Waals surface area contributed by atoms with Crippen LogP contribution < -0.4 is 5.32 Å². The number of piperazine rings is 1. The van der Waals surface area contributed by atoms with Crippen LogP contribution in [0.2, 0.25) is 0 Å². The monoisotopic (exact) mass is 238 g/mol. The van der Waals surface area contributed by atoms with Crippen molar-refractivity contribution in [1.82, 2.24) is 10.2 Å². The van der Waals surface area contributed by atoms with Crippen molar-refractivity contribution >= 4 is 11.8 Å². The zero-order valence-corrected chi connectivity index (χ0v) is 11.1. The zero-order valence-electron chi connectivity index (χ0n) is 11.1. The van der Waals surface area contributed by atoms with Crippen molar-refractivity contribution < 1.29 is 9.59 Å². The molecule has 1 aliphatic rings. The van der Waals surface area contributed by atoms with Crippen molar-refractivity contribution in [3.8, 4) is 0 Å². The van der Waals surface area contributed by atoms with Gasteiger partial charge in [-0.15, -0.1) is 0 Å². The highest BCUT2D eigenvalue weighted by Crippen LogP contribution is 2.28. The van der Waals surface area contributed by atoms with Gasteiger partial charge >= 0.3 is 0 Å². The first kappa shape index (κ1) is 13.7. The SMILES string of the molecule is C/C=C/CN1C(=O)C(C)NC(=O)C1(CC)CC. The second kappa shape index (κ2) is 5.34. The van der Waals surface area contributed by atoms with Crippen LogP contribution in [0.5, 0.6) is 0 Å². The maximum atomic E-state index is 12.2. The van der Waals surface area contributed by atoms with Gasteiger partial charge in [-0.2, -0.15) is 0 Å². The molecular formula is C13H22N2O2. The van der Waals surface area contributed by atoms with E-state index in [1.807, 2.05) is 32.9 Å². The number of nitrogens with one attached hydrogen (secondary N) is 1. The van der Waals surface area contributed by atoms with Gasteiger partial charge in [0.1, 0.15) is 11.6 Å². The molecule has 1 rings (SSSR count). The second-order valence-corrected chi connectivity index (χ2v) is 4.45. The van der Waals surface area contributed by atoms with Crippen LogP contribution in [0.15, 0.2) is 12.2 Å². The minimum Gasteiger partial charge on any atom is -0.343 e. The van der Waals surface area contributed by atoms with Gasteiger partial charge in [-0.1, -0.05) is 26.0 Å². The summed E-state index contributed by atoms with van der Waals surface area (Å²) < 4.78 is 0. The maximum Gasteiger partial charge on any atom is 0.246 e. The highest BCUT2D eigenvalue weighted by molar-refractivity contribution is 5.99. The molecule has 0 aliphatic carbocycles. The molecule has 0 aromatic rings. The molecule has 0 bridgehead atoms. The van der Waals surface area contributed by atoms with Crippen molar-refractivity contribution in [3.63, 3.8) is 0 Å². The molecule has 2 amide bonds. The molecule has 1 fully saturated rings. The molecule has 0 aromatic carbocycles. The molecule has 1 N–H and O–H groups in total. The lowest BCUT2D eigenvalue weighted by Gasteiger charge is -2.46. The van der Waals surface area contributed by atoms with Crippen LogP contribution in [0, 0.1) is 0 Å². The number of hydrogen-bond donors (Lipinski definition) is 1. The van der Waals surface area contributed by atoms with Crippen molar-refractivity contribution in [2.75, 3.05) is 6.54 Å². The topological polar surface area (TPSA) is 49.4 Å². The Hall–Kier alpha value is -1.32. The molecule has 4 heteroatoms. The smallest absolute Gasteiger partial charge is 0.246 e. The van der Waals surface area contributed by atoms with E-state index in [0.717, 1.165) is 0 Å². The molecule has 17 heavy (non-hydrogen) atoms. The van der Waals surface area contributed by atoms with Crippen molar-refractivity contribution in [3.05, 3.63) is 12.2 Å². The first-order valence-electron chi connectivity index (χ1n) is 6.27. The quantitative estimate of drug-likeness (QED) is 0.754. The van der Waals surface area contributed by atoms with Gasteiger partial charge in [0.25, 0.3) is 0 Å². The standard InChI is InChI=1S/C13H22N2O2/c1-5-8-9-15-11(16)10(4)14-12(17)13(15,6-2)7-3/h5,8,10H,6-7,9H2,1-4H3,(H,14,17)/b8-5+. The molecular weight excluding hydrogens is 216 g/mol. The first-order chi connectivity index (χ1) is 8.03. The Labute approximate surface area is 103 Å². The third-order valence-corrected chi connectivity index (χ3v) is 3.62. The van der Waals surface area contributed by atoms with Gasteiger partial charge in [0.15, 0.2) is 0 Å². The Kier molecular flexibility index (Phi) is 4.32. The van der Waals surface area contributed by atoms with E-state index in [9.17, 15) is 9.59 Å². The molecule has 4 nitrogen and oxygen atoms in total. The van der Waals surface area contributed by atoms with Gasteiger partial charge in [-0.3, -0.25) is 9.59 Å². The molecule has 0 spiro atoms. The number of rotatable bonds is 4. The van der Waals surface area contributed by atoms with Gasteiger partial charge < -0.3 is 10.2 Å². The predicted octanol–water partition coefficient (Wildman–Crippen LogP) is 1.47. The Morgan fingerprint density at radius 3 is 2.41 bits per heavy atom. The van der Waals surface area contributed by atoms with Gasteiger partial charge in [-0.05, 0) is 26.7 Å². The average molecular weight is 238 g/mol. The van der Waals surface area contributed by atoms with E-state index in [0.29, 0.717) is 19.4 Å². The summed E-state index contributed by atoms with van der Waals surface area (Å²) >= 11 is 0. The first-order valence-corrected chi connectivity index (χ1v) is 6.27. The fraction of sp³-hybridized carbons (Fsp3) is 0.692. The van der Waals surface area contributed by atoms with Crippen LogP contribution in [0.4, 0.5) is 0 Å². The van der Waals surface area contributed by atoms with E-state index in [4.69, 9.17) is 0 Å². The van der Waals surface area contributed by atoms with Gasteiger partial charge in [0.05, 0.1) is 0 Å². The molecule has 0 aromatic heterocycles. The summed E-state index contributed by atoms with van der Waals surface area (Å²) in [5.41, 5.74) is -0.677. The van der Waals surface area contributed by atoms with E-state index in [2.05, 4.69) is 5.32 Å². The van der Waals surface area contributed by atoms with E-state index < -0.39 is 11.6 Å². The Bertz CT molecular complexity index is 332. The van der Waals surface area contributed by atoms with Crippen molar-refractivity contribution in [2.45, 2.75) is 52.1 Å². The summed E-state index contributed by atoms with van der Waals surface area (Å²) in [6.07, 6.45) is 5.11. The van der Waals surface area contributed by atoms with Crippen LogP contribution in [0.25, 0.3) is 0 Å². The normalized spacial score (nSPS) is 24.2. The summed E-state index contributed by atoms with van der Waals surface area (Å²) in [5.74, 6) is -0.0227. The third kappa shape index (κ3) is 2.21. The molecule has 96 valence electrons. The van der Waals surface area contributed by atoms with Crippen LogP contribution in [-0.4, -0.2) is 34.8 Å². The van der Waals surface area contributed by atoms with Crippen LogP contribution >= 0.6 is 0 Å². The summed E-state index contributed by atoms with van der Waals surface area (Å²) in [6, 6.07) is -0.418. The fourth-order valence-electron chi connectivity index (χ4n) is 2.39. The fourth-order valence-corrected chi connectivity index (χ4v) is 2.39. The van der Waals surface area contributed by atoms with Gasteiger partial charge in [0.2, 0.25) is 11.8 Å². The number of amides is 2. The van der Waals surface area contributed by atoms with E-state index >= 15 is 0 Å². The van der Waals surface area contributed by atoms with Gasteiger partial charge in [0, 0.05) is 6.54 Å². The highest BCUT2D eigenvalue weighted by Gasteiger charge is 2.48. The number of nitrogens with zero attached hydrogens (tertiary/aromatic N) is 1. The largest absolute Gasteiger partial charge is 0.343 e. The highest BCUT2D eigenvalue weighted by atomic mass is 16.2. The Morgan fingerprint density at radius 2 is 1.94 bits per heavy atom.